The molecule has 3 amide bonds. The van der Waals surface area contributed by atoms with Gasteiger partial charge in [0.2, 0.25) is 20.2 Å². The van der Waals surface area contributed by atoms with E-state index in [2.05, 4.69) is 5.32 Å². The number of methoxy groups -OCH3 is 1. The number of likely N-dealkylation sites (tertiary alicyclic amines) is 1. The fourth-order valence-electron chi connectivity index (χ4n) is 8.04. The Morgan fingerprint density at radius 3 is 2.71 bits per heavy atom. The van der Waals surface area contributed by atoms with Gasteiger partial charge in [-0.05, 0) is 61.8 Å². The zero-order chi connectivity index (χ0) is 32.1. The first-order valence-corrected chi connectivity index (χ1v) is 18.8. The maximum absolute atomic E-state index is 16.3. The Kier molecular flexibility index (Phi) is 8.53. The molecule has 2 aromatic rings. The average Bonchev–Trinajstić information content (AvgIpc) is 3.68. The van der Waals surface area contributed by atoms with Crippen LogP contribution in [0.3, 0.4) is 0 Å². The molecule has 2 aromatic carbocycles. The van der Waals surface area contributed by atoms with Crippen molar-refractivity contribution in [1.82, 2.24) is 10.2 Å². The topological polar surface area (TPSA) is 112 Å². The fourth-order valence-corrected chi connectivity index (χ4v) is 10.5. The van der Waals surface area contributed by atoms with Crippen molar-refractivity contribution in [3.05, 3.63) is 53.6 Å². The van der Waals surface area contributed by atoms with Crippen molar-refractivity contribution < 1.29 is 33.1 Å². The fraction of sp³-hybridized carbons (Fsp3) is 0.545. The molecule has 3 fully saturated rings. The first kappa shape index (κ1) is 31.7. The second kappa shape index (κ2) is 12.1. The first-order valence-electron chi connectivity index (χ1n) is 15.9. The molecule has 5 atom stereocenters. The van der Waals surface area contributed by atoms with Gasteiger partial charge in [-0.2, -0.15) is 0 Å². The zero-order valence-corrected chi connectivity index (χ0v) is 27.4. The summed E-state index contributed by atoms with van der Waals surface area (Å²) < 4.78 is 28.6. The van der Waals surface area contributed by atoms with E-state index in [9.17, 15) is 19.5 Å². The van der Waals surface area contributed by atoms with Gasteiger partial charge in [0.1, 0.15) is 5.75 Å². The molecular weight excluding hydrogens is 595 g/mol. The Bertz CT molecular complexity index is 1490. The molecule has 0 aliphatic carbocycles. The summed E-state index contributed by atoms with van der Waals surface area (Å²) in [6.07, 6.45) is 0.677. The number of carbonyl (C=O) groups is 3. The van der Waals surface area contributed by atoms with Crippen LogP contribution in [0.2, 0.25) is 18.6 Å². The summed E-state index contributed by atoms with van der Waals surface area (Å²) in [6.45, 7) is 7.30. The minimum atomic E-state index is -3.47. The van der Waals surface area contributed by atoms with E-state index in [1.807, 2.05) is 37.3 Å². The first-order chi connectivity index (χ1) is 21.5. The predicted molar refractivity (Wildman–Crippen MR) is 170 cm³/mol. The van der Waals surface area contributed by atoms with Gasteiger partial charge in [0.05, 0.1) is 51.1 Å². The molecule has 45 heavy (non-hydrogen) atoms. The van der Waals surface area contributed by atoms with Crippen LogP contribution in [0, 0.1) is 5.92 Å². The van der Waals surface area contributed by atoms with Gasteiger partial charge < -0.3 is 38.7 Å². The monoisotopic (exact) mass is 638 g/mol. The van der Waals surface area contributed by atoms with Crippen LogP contribution in [-0.4, -0.2) is 88.2 Å². The third kappa shape index (κ3) is 5.45. The molecule has 4 aliphatic heterocycles. The molecule has 242 valence electrons. The van der Waals surface area contributed by atoms with Gasteiger partial charge in [-0.15, -0.1) is 0 Å². The molecule has 2 N–H and O–H groups in total. The maximum atomic E-state index is 16.3. The third-order valence-corrected chi connectivity index (χ3v) is 12.6. The number of benzene rings is 2. The standard InChI is InChI=1S/C33H43FN4O6Si/c1-21-31(45(3,4)34)28(17-29(40)36-13-6-9-24(36)20-39)44-33(21)26-16-25(43-2)10-11-27(26)38(32(33)42)19-22-7-5-8-23(15-22)37-14-12-35-18-30(37)41/h5,7-8,10-11,15-16,21,24,28,31,35,39H,6,9,12-14,17-20H2,1-4H3/t21-,24+,28+,31-,33+/m1/s1. The lowest BCUT2D eigenvalue weighted by Gasteiger charge is -2.31. The molecule has 0 bridgehead atoms. The number of amides is 3. The number of nitrogens with one attached hydrogen (secondary N) is 1. The van der Waals surface area contributed by atoms with Gasteiger partial charge in [0.15, 0.2) is 5.60 Å². The van der Waals surface area contributed by atoms with Crippen molar-refractivity contribution in [2.75, 3.05) is 49.7 Å². The van der Waals surface area contributed by atoms with Crippen LogP contribution in [0.25, 0.3) is 0 Å². The van der Waals surface area contributed by atoms with E-state index in [0.717, 1.165) is 24.1 Å². The van der Waals surface area contributed by atoms with Crippen molar-refractivity contribution in [3.8, 4) is 5.75 Å². The normalized spacial score (nSPS) is 28.4. The van der Waals surface area contributed by atoms with E-state index in [1.54, 1.807) is 47.0 Å². The molecule has 0 aromatic heterocycles. The molecular formula is C33H43FN4O6Si. The highest BCUT2D eigenvalue weighted by molar-refractivity contribution is 6.72. The van der Waals surface area contributed by atoms with Gasteiger partial charge >= 0.3 is 0 Å². The molecule has 0 unspecified atom stereocenters. The largest absolute Gasteiger partial charge is 0.497 e. The Balaban J connectivity index is 1.36. The molecule has 3 saturated heterocycles. The van der Waals surface area contributed by atoms with E-state index in [1.165, 1.54) is 0 Å². The van der Waals surface area contributed by atoms with E-state index in [-0.39, 0.29) is 49.9 Å². The van der Waals surface area contributed by atoms with Gasteiger partial charge in [-0.1, -0.05) is 19.1 Å². The van der Waals surface area contributed by atoms with Gasteiger partial charge in [0.25, 0.3) is 5.91 Å². The molecule has 10 nitrogen and oxygen atoms in total. The maximum Gasteiger partial charge on any atom is 0.264 e. The second-order valence-corrected chi connectivity index (χ2v) is 17.0. The van der Waals surface area contributed by atoms with Gasteiger partial charge in [-0.3, -0.25) is 14.4 Å². The van der Waals surface area contributed by atoms with Crippen LogP contribution in [0.4, 0.5) is 15.5 Å². The number of aliphatic hydroxyl groups excluding tert-OH is 1. The Hall–Kier alpha value is -3.32. The molecule has 6 rings (SSSR count). The SMILES string of the molecule is COc1ccc2c(c1)[C@]1(O[C@@H](CC(=O)N3CCC[C@H]3CO)[C@H]([Si](C)(C)F)[C@H]1C)C(=O)N2Cc1cccc(N2CCNCC2=O)c1. The van der Waals surface area contributed by atoms with Crippen molar-refractivity contribution in [2.24, 2.45) is 5.92 Å². The number of piperazine rings is 1. The molecule has 4 heterocycles. The van der Waals surface area contributed by atoms with Crippen LogP contribution in [0.15, 0.2) is 42.5 Å². The minimum absolute atomic E-state index is 0.0101. The number of aliphatic hydroxyl groups is 1. The van der Waals surface area contributed by atoms with Crippen molar-refractivity contribution in [1.29, 1.82) is 0 Å². The van der Waals surface area contributed by atoms with E-state index >= 15 is 4.11 Å². The molecule has 12 heteroatoms. The van der Waals surface area contributed by atoms with Crippen LogP contribution < -0.4 is 19.9 Å². The van der Waals surface area contributed by atoms with Crippen molar-refractivity contribution in [3.63, 3.8) is 0 Å². The Morgan fingerprint density at radius 1 is 1.20 bits per heavy atom. The number of hydrogen-bond donors (Lipinski definition) is 2. The van der Waals surface area contributed by atoms with Gasteiger partial charge in [0, 0.05) is 42.3 Å². The van der Waals surface area contributed by atoms with Crippen molar-refractivity contribution >= 4 is 37.5 Å². The number of carbonyl (C=O) groups excluding carboxylic acids is 3. The summed E-state index contributed by atoms with van der Waals surface area (Å²) in [6, 6.07) is 12.8. The van der Waals surface area contributed by atoms with Crippen LogP contribution in [-0.2, 0) is 31.3 Å². The lowest BCUT2D eigenvalue weighted by Crippen LogP contribution is -2.48. The number of hydrogen-bond acceptors (Lipinski definition) is 7. The van der Waals surface area contributed by atoms with E-state index in [0.29, 0.717) is 36.6 Å². The summed E-state index contributed by atoms with van der Waals surface area (Å²) in [4.78, 5) is 46.0. The van der Waals surface area contributed by atoms with E-state index in [4.69, 9.17) is 9.47 Å². The lowest BCUT2D eigenvalue weighted by molar-refractivity contribution is -0.150. The van der Waals surface area contributed by atoms with E-state index < -0.39 is 31.6 Å². The lowest BCUT2D eigenvalue weighted by atomic mass is 9.82. The van der Waals surface area contributed by atoms with Crippen LogP contribution in [0.1, 0.15) is 37.3 Å². The average molecular weight is 639 g/mol. The summed E-state index contributed by atoms with van der Waals surface area (Å²) >= 11 is 0. The molecule has 1 spiro atoms. The minimum Gasteiger partial charge on any atom is -0.497 e. The number of nitrogens with zero attached hydrogens (tertiary/aromatic N) is 3. The Labute approximate surface area is 264 Å². The van der Waals surface area contributed by atoms with Crippen molar-refractivity contribution in [2.45, 2.75) is 69.1 Å². The predicted octanol–water partition coefficient (Wildman–Crippen LogP) is 3.33. The summed E-state index contributed by atoms with van der Waals surface area (Å²) in [5.41, 5.74) is 0.753. The smallest absolute Gasteiger partial charge is 0.264 e. The third-order valence-electron chi connectivity index (χ3n) is 10.1. The summed E-state index contributed by atoms with van der Waals surface area (Å²) in [5, 5.41) is 12.9. The Morgan fingerprint density at radius 2 is 2.00 bits per heavy atom. The summed E-state index contributed by atoms with van der Waals surface area (Å²) in [5.74, 6) is -0.495. The highest BCUT2D eigenvalue weighted by atomic mass is 28.4. The number of ether oxygens (including phenoxy) is 2. The van der Waals surface area contributed by atoms with Crippen LogP contribution in [0.5, 0.6) is 5.75 Å². The zero-order valence-electron chi connectivity index (χ0n) is 26.4. The number of fused-ring (bicyclic) bond motifs is 2. The number of rotatable bonds is 8. The molecule has 4 aliphatic rings. The number of anilines is 2. The number of halogens is 1. The molecule has 0 radical (unpaired) electrons. The summed E-state index contributed by atoms with van der Waals surface area (Å²) in [7, 11) is -1.91. The second-order valence-electron chi connectivity index (χ2n) is 13.2. The quantitative estimate of drug-likeness (QED) is 0.337. The highest BCUT2D eigenvalue weighted by Crippen LogP contribution is 2.60. The van der Waals surface area contributed by atoms with Gasteiger partial charge in [-0.25, -0.2) is 0 Å². The highest BCUT2D eigenvalue weighted by Gasteiger charge is 2.67. The van der Waals surface area contributed by atoms with Crippen LogP contribution >= 0.6 is 0 Å². The molecule has 0 saturated carbocycles.